The Morgan fingerprint density at radius 3 is 2.67 bits per heavy atom. The summed E-state index contributed by atoms with van der Waals surface area (Å²) in [5.41, 5.74) is 4.68. The van der Waals surface area contributed by atoms with Gasteiger partial charge in [0.05, 0.1) is 12.7 Å². The first-order valence-corrected chi connectivity index (χ1v) is 9.74. The summed E-state index contributed by atoms with van der Waals surface area (Å²) in [7, 11) is 0. The summed E-state index contributed by atoms with van der Waals surface area (Å²) < 4.78 is 7.00. The molecule has 0 unspecified atom stereocenters. The van der Waals surface area contributed by atoms with E-state index >= 15 is 0 Å². The maximum atomic E-state index is 12.3. The van der Waals surface area contributed by atoms with E-state index in [1.165, 1.54) is 6.08 Å². The van der Waals surface area contributed by atoms with Crippen molar-refractivity contribution >= 4 is 23.6 Å². The van der Waals surface area contributed by atoms with Gasteiger partial charge in [0.25, 0.3) is 5.91 Å². The van der Waals surface area contributed by atoms with Crippen molar-refractivity contribution < 1.29 is 14.3 Å². The van der Waals surface area contributed by atoms with Crippen LogP contribution in [-0.4, -0.2) is 27.8 Å². The third-order valence-corrected chi connectivity index (χ3v) is 4.55. The number of ether oxygens (including phenoxy) is 1. The predicted molar refractivity (Wildman–Crippen MR) is 117 cm³/mol. The van der Waals surface area contributed by atoms with Gasteiger partial charge in [0.1, 0.15) is 0 Å². The minimum atomic E-state index is -0.913. The molecule has 30 heavy (non-hydrogen) atoms. The average Bonchev–Trinajstić information content (AvgIpc) is 3.16. The van der Waals surface area contributed by atoms with Gasteiger partial charge >= 0.3 is 5.97 Å². The van der Waals surface area contributed by atoms with Gasteiger partial charge in [0.2, 0.25) is 0 Å². The van der Waals surface area contributed by atoms with E-state index in [9.17, 15) is 9.59 Å². The Morgan fingerprint density at radius 2 is 1.93 bits per heavy atom. The molecule has 0 aliphatic heterocycles. The highest BCUT2D eigenvalue weighted by atomic mass is 16.5. The summed E-state index contributed by atoms with van der Waals surface area (Å²) in [6.07, 6.45) is 5.51. The molecule has 6 heteroatoms. The van der Waals surface area contributed by atoms with Gasteiger partial charge in [-0.3, -0.25) is 9.48 Å². The number of benzene rings is 2. The second kappa shape index (κ2) is 9.69. The molecule has 0 fully saturated rings. The van der Waals surface area contributed by atoms with Gasteiger partial charge in [-0.1, -0.05) is 48.0 Å². The summed E-state index contributed by atoms with van der Waals surface area (Å²) in [5.74, 6) is -0.964. The Balaban J connectivity index is 1.52. The number of aromatic nitrogens is 2. The van der Waals surface area contributed by atoms with Crippen LogP contribution in [0.4, 0.5) is 5.69 Å². The van der Waals surface area contributed by atoms with E-state index in [2.05, 4.69) is 10.4 Å². The minimum Gasteiger partial charge on any atom is -0.449 e. The van der Waals surface area contributed by atoms with Gasteiger partial charge in [-0.15, -0.1) is 0 Å². The number of hydrogen-bond donors (Lipinski definition) is 1. The third kappa shape index (κ3) is 5.91. The van der Waals surface area contributed by atoms with E-state index in [1.54, 1.807) is 23.9 Å². The molecule has 3 aromatic rings. The normalized spacial score (nSPS) is 12.0. The lowest BCUT2D eigenvalue weighted by Gasteiger charge is -2.14. The number of anilines is 1. The number of nitrogens with one attached hydrogen (secondary N) is 1. The molecule has 0 saturated carbocycles. The lowest BCUT2D eigenvalue weighted by atomic mass is 10.1. The molecule has 0 aliphatic carbocycles. The van der Waals surface area contributed by atoms with E-state index in [1.807, 2.05) is 68.6 Å². The first-order valence-electron chi connectivity index (χ1n) is 9.74. The highest BCUT2D eigenvalue weighted by Gasteiger charge is 2.17. The van der Waals surface area contributed by atoms with E-state index in [0.717, 1.165) is 22.3 Å². The van der Waals surface area contributed by atoms with Gasteiger partial charge in [-0.05, 0) is 44.0 Å². The lowest BCUT2D eigenvalue weighted by Crippen LogP contribution is -2.29. The van der Waals surface area contributed by atoms with Crippen LogP contribution in [0, 0.1) is 13.8 Å². The van der Waals surface area contributed by atoms with E-state index in [-0.39, 0.29) is 5.91 Å². The summed E-state index contributed by atoms with van der Waals surface area (Å²) in [4.78, 5) is 24.4. The topological polar surface area (TPSA) is 73.2 Å². The van der Waals surface area contributed by atoms with Crippen molar-refractivity contribution in [1.82, 2.24) is 9.78 Å². The van der Waals surface area contributed by atoms with Crippen LogP contribution in [0.25, 0.3) is 6.08 Å². The number of aryl methyl sites for hydroxylation is 2. The number of esters is 1. The fraction of sp³-hybridized carbons (Fsp3) is 0.208. The summed E-state index contributed by atoms with van der Waals surface area (Å²) in [6.45, 7) is 6.10. The van der Waals surface area contributed by atoms with Crippen molar-refractivity contribution in [3.63, 3.8) is 0 Å². The first-order chi connectivity index (χ1) is 14.4. The molecule has 0 bridgehead atoms. The quantitative estimate of drug-likeness (QED) is 0.475. The number of carbonyl (C=O) groups is 2. The predicted octanol–water partition coefficient (Wildman–Crippen LogP) is 4.13. The van der Waals surface area contributed by atoms with Crippen molar-refractivity contribution in [3.8, 4) is 0 Å². The molecular formula is C24H25N3O3. The molecule has 0 aliphatic rings. The molecule has 1 atom stereocenters. The Labute approximate surface area is 176 Å². The molecule has 0 radical (unpaired) electrons. The number of amides is 1. The molecule has 3 rings (SSSR count). The van der Waals surface area contributed by atoms with Gasteiger partial charge in [-0.25, -0.2) is 4.79 Å². The van der Waals surface area contributed by atoms with Crippen LogP contribution in [0.3, 0.4) is 0 Å². The number of carbonyl (C=O) groups excluding carboxylic acids is 2. The Kier molecular flexibility index (Phi) is 6.80. The first kappa shape index (κ1) is 21.0. The number of nitrogens with zero attached hydrogens (tertiary/aromatic N) is 2. The second-order valence-electron chi connectivity index (χ2n) is 7.18. The minimum absolute atomic E-state index is 0.376. The zero-order valence-electron chi connectivity index (χ0n) is 17.3. The molecule has 1 amide bonds. The van der Waals surface area contributed by atoms with Crippen molar-refractivity contribution in [2.24, 2.45) is 0 Å². The van der Waals surface area contributed by atoms with Crippen LogP contribution in [0.5, 0.6) is 0 Å². The fourth-order valence-electron chi connectivity index (χ4n) is 2.94. The molecule has 1 aromatic heterocycles. The third-order valence-electron chi connectivity index (χ3n) is 4.55. The lowest BCUT2D eigenvalue weighted by molar-refractivity contribution is -0.148. The molecule has 1 heterocycles. The summed E-state index contributed by atoms with van der Waals surface area (Å²) in [5, 5.41) is 7.08. The van der Waals surface area contributed by atoms with Crippen LogP contribution < -0.4 is 5.32 Å². The SMILES string of the molecule is Cc1ccc(NC(=O)[C@H](C)OC(=O)/C=C/c2cnn(Cc3ccccc3)c2)c(C)c1. The van der Waals surface area contributed by atoms with Crippen LogP contribution in [-0.2, 0) is 20.9 Å². The van der Waals surface area contributed by atoms with Crippen LogP contribution in [0.15, 0.2) is 67.0 Å². The zero-order valence-corrected chi connectivity index (χ0v) is 17.3. The number of rotatable bonds is 7. The molecule has 1 N–H and O–H groups in total. The van der Waals surface area contributed by atoms with Gasteiger partial charge in [0.15, 0.2) is 6.10 Å². The zero-order chi connectivity index (χ0) is 21.5. The summed E-state index contributed by atoms with van der Waals surface area (Å²) in [6, 6.07) is 15.7. The van der Waals surface area contributed by atoms with E-state index in [4.69, 9.17) is 4.74 Å². The van der Waals surface area contributed by atoms with Gasteiger partial charge in [0, 0.05) is 23.5 Å². The molecule has 0 saturated heterocycles. The Hall–Kier alpha value is -3.67. The van der Waals surface area contributed by atoms with Crippen molar-refractivity contribution in [2.45, 2.75) is 33.4 Å². The van der Waals surface area contributed by atoms with Crippen LogP contribution >= 0.6 is 0 Å². The monoisotopic (exact) mass is 403 g/mol. The summed E-state index contributed by atoms with van der Waals surface area (Å²) >= 11 is 0. The van der Waals surface area contributed by atoms with Gasteiger partial charge < -0.3 is 10.1 Å². The molecule has 154 valence electrons. The maximum Gasteiger partial charge on any atom is 0.331 e. The average molecular weight is 403 g/mol. The maximum absolute atomic E-state index is 12.3. The highest BCUT2D eigenvalue weighted by molar-refractivity contribution is 5.97. The van der Waals surface area contributed by atoms with Crippen LogP contribution in [0.1, 0.15) is 29.2 Å². The molecule has 6 nitrogen and oxygen atoms in total. The Morgan fingerprint density at radius 1 is 1.17 bits per heavy atom. The van der Waals surface area contributed by atoms with E-state index in [0.29, 0.717) is 12.2 Å². The smallest absolute Gasteiger partial charge is 0.331 e. The molecule has 0 spiro atoms. The molecular weight excluding hydrogens is 378 g/mol. The van der Waals surface area contributed by atoms with Crippen molar-refractivity contribution in [3.05, 3.63) is 89.3 Å². The van der Waals surface area contributed by atoms with Crippen molar-refractivity contribution in [2.75, 3.05) is 5.32 Å². The largest absolute Gasteiger partial charge is 0.449 e. The highest BCUT2D eigenvalue weighted by Crippen LogP contribution is 2.16. The fourth-order valence-corrected chi connectivity index (χ4v) is 2.94. The van der Waals surface area contributed by atoms with Gasteiger partial charge in [-0.2, -0.15) is 5.10 Å². The number of hydrogen-bond acceptors (Lipinski definition) is 4. The second-order valence-corrected chi connectivity index (χ2v) is 7.18. The van der Waals surface area contributed by atoms with Crippen molar-refractivity contribution in [1.29, 1.82) is 0 Å². The van der Waals surface area contributed by atoms with E-state index < -0.39 is 12.1 Å². The molecule has 2 aromatic carbocycles. The van der Waals surface area contributed by atoms with Crippen LogP contribution in [0.2, 0.25) is 0 Å². The Bertz CT molecular complexity index is 1050. The standard InChI is InChI=1S/C24H25N3O3/c1-17-9-11-22(18(2)13-17)26-24(29)19(3)30-23(28)12-10-21-14-25-27(16-21)15-20-7-5-4-6-8-20/h4-14,16,19H,15H2,1-3H3,(H,26,29)/b12-10+/t19-/m0/s1.